The molecule has 1 aromatic rings. The lowest BCUT2D eigenvalue weighted by Gasteiger charge is -2.35. The van der Waals surface area contributed by atoms with Gasteiger partial charge in [-0.3, -0.25) is 10.1 Å². The van der Waals surface area contributed by atoms with Crippen molar-refractivity contribution in [2.45, 2.75) is 64.0 Å². The first-order chi connectivity index (χ1) is 15.4. The van der Waals surface area contributed by atoms with Crippen LogP contribution in [0.4, 0.5) is 32.4 Å². The molecule has 2 fully saturated rings. The number of carbonyl (C=O) groups excluding carboxylic acids is 2. The first kappa shape index (κ1) is 25.2. The van der Waals surface area contributed by atoms with Crippen LogP contribution in [-0.2, 0) is 21.6 Å². The lowest BCUT2D eigenvalue weighted by atomic mass is 9.87. The van der Waals surface area contributed by atoms with Gasteiger partial charge < -0.3 is 9.64 Å². The Balaban J connectivity index is 1.50. The molecule has 1 aliphatic carbocycles. The number of hydrogen-bond donors (Lipinski definition) is 1. The average molecular weight is 476 g/mol. The number of rotatable bonds is 5. The molecule has 1 saturated carbocycles. The molecule has 0 atom stereocenters. The van der Waals surface area contributed by atoms with E-state index in [2.05, 4.69) is 5.32 Å². The van der Waals surface area contributed by atoms with E-state index in [1.165, 1.54) is 6.42 Å². The molecule has 184 valence electrons. The summed E-state index contributed by atoms with van der Waals surface area (Å²) in [4.78, 5) is 26.6. The van der Waals surface area contributed by atoms with Gasteiger partial charge in [-0.05, 0) is 49.8 Å². The summed E-state index contributed by atoms with van der Waals surface area (Å²) in [6.45, 7) is 1.67. The van der Waals surface area contributed by atoms with Gasteiger partial charge in [0.05, 0.1) is 12.2 Å². The largest absolute Gasteiger partial charge is 0.449 e. The standard InChI is InChI=1S/C23H29F5N2O3/c1-22(24,25)17-11-18(23(26,27)28)13-19(12-17)29-21(32)33-14-15-7-9-30(10-8-15)20(31)16-5-3-2-4-6-16/h11-13,15-16H,2-10,14H2,1H3,(H,29,32). The second-order valence-corrected chi connectivity index (χ2v) is 9.01. The van der Waals surface area contributed by atoms with Gasteiger partial charge in [0.25, 0.3) is 5.92 Å². The van der Waals surface area contributed by atoms with Crippen molar-refractivity contribution in [2.24, 2.45) is 11.8 Å². The Morgan fingerprint density at radius 1 is 0.970 bits per heavy atom. The summed E-state index contributed by atoms with van der Waals surface area (Å²) in [5, 5.41) is 2.12. The number of alkyl halides is 5. The SMILES string of the molecule is CC(F)(F)c1cc(NC(=O)OCC2CCN(C(=O)C3CCCCC3)CC2)cc(C(F)(F)F)c1. The minimum absolute atomic E-state index is 0.0169. The number of nitrogens with one attached hydrogen (secondary N) is 1. The van der Waals surface area contributed by atoms with E-state index in [4.69, 9.17) is 4.74 Å². The van der Waals surface area contributed by atoms with Gasteiger partial charge in [0, 0.05) is 37.2 Å². The highest BCUT2D eigenvalue weighted by atomic mass is 19.4. The van der Waals surface area contributed by atoms with Crippen LogP contribution in [0.5, 0.6) is 0 Å². The van der Waals surface area contributed by atoms with Crippen molar-refractivity contribution in [3.63, 3.8) is 0 Å². The highest BCUT2D eigenvalue weighted by molar-refractivity contribution is 5.85. The van der Waals surface area contributed by atoms with Crippen LogP contribution in [0.1, 0.15) is 63.0 Å². The molecule has 0 radical (unpaired) electrons. The van der Waals surface area contributed by atoms with Gasteiger partial charge in [0.15, 0.2) is 0 Å². The molecule has 1 N–H and O–H groups in total. The first-order valence-electron chi connectivity index (χ1n) is 11.3. The van der Waals surface area contributed by atoms with Gasteiger partial charge in [-0.2, -0.15) is 13.2 Å². The summed E-state index contributed by atoms with van der Waals surface area (Å²) in [7, 11) is 0. The summed E-state index contributed by atoms with van der Waals surface area (Å²) < 4.78 is 71.5. The third kappa shape index (κ3) is 7.04. The molecule has 10 heteroatoms. The predicted molar refractivity (Wildman–Crippen MR) is 112 cm³/mol. The Hall–Kier alpha value is -2.39. The Kier molecular flexibility index (Phi) is 7.84. The van der Waals surface area contributed by atoms with E-state index in [-0.39, 0.29) is 24.3 Å². The van der Waals surface area contributed by atoms with E-state index in [1.807, 2.05) is 4.90 Å². The maximum absolute atomic E-state index is 13.6. The van der Waals surface area contributed by atoms with E-state index in [0.29, 0.717) is 45.0 Å². The third-order valence-corrected chi connectivity index (χ3v) is 6.34. The lowest BCUT2D eigenvalue weighted by molar-refractivity contribution is -0.138. The summed E-state index contributed by atoms with van der Waals surface area (Å²) >= 11 is 0. The zero-order valence-corrected chi connectivity index (χ0v) is 18.5. The molecule has 1 saturated heterocycles. The van der Waals surface area contributed by atoms with E-state index >= 15 is 0 Å². The normalized spacial score (nSPS) is 18.8. The predicted octanol–water partition coefficient (Wildman–Crippen LogP) is 6.18. The Bertz CT molecular complexity index is 807. The first-order valence-corrected chi connectivity index (χ1v) is 11.3. The van der Waals surface area contributed by atoms with Crippen LogP contribution in [0.3, 0.4) is 0 Å². The molecule has 0 spiro atoms. The Morgan fingerprint density at radius 3 is 2.15 bits per heavy atom. The van der Waals surface area contributed by atoms with Crippen molar-refractivity contribution in [2.75, 3.05) is 25.0 Å². The maximum atomic E-state index is 13.6. The van der Waals surface area contributed by atoms with Crippen LogP contribution >= 0.6 is 0 Å². The molecule has 2 amide bonds. The lowest BCUT2D eigenvalue weighted by Crippen LogP contribution is -2.43. The minimum atomic E-state index is -4.84. The van der Waals surface area contributed by atoms with E-state index in [1.54, 1.807) is 0 Å². The molecule has 0 unspecified atom stereocenters. The van der Waals surface area contributed by atoms with Crippen molar-refractivity contribution >= 4 is 17.7 Å². The highest BCUT2D eigenvalue weighted by Crippen LogP contribution is 2.36. The van der Waals surface area contributed by atoms with Crippen molar-refractivity contribution in [1.82, 2.24) is 4.90 Å². The van der Waals surface area contributed by atoms with Crippen LogP contribution in [0.2, 0.25) is 0 Å². The number of piperidine rings is 1. The Morgan fingerprint density at radius 2 is 1.58 bits per heavy atom. The number of amides is 2. The second kappa shape index (κ2) is 10.3. The summed E-state index contributed by atoms with van der Waals surface area (Å²) in [6, 6.07) is 1.75. The molecule has 0 aromatic heterocycles. The summed E-state index contributed by atoms with van der Waals surface area (Å²) in [5.74, 6) is -3.20. The van der Waals surface area contributed by atoms with Gasteiger partial charge in [0.1, 0.15) is 0 Å². The van der Waals surface area contributed by atoms with Gasteiger partial charge >= 0.3 is 12.3 Å². The molecule has 2 aliphatic rings. The van der Waals surface area contributed by atoms with Gasteiger partial charge in [-0.15, -0.1) is 0 Å². The zero-order chi connectivity index (χ0) is 24.2. The Labute approximate surface area is 189 Å². The fourth-order valence-corrected chi connectivity index (χ4v) is 4.39. The zero-order valence-electron chi connectivity index (χ0n) is 18.5. The number of ether oxygens (including phenoxy) is 1. The smallest absolute Gasteiger partial charge is 0.416 e. The van der Waals surface area contributed by atoms with Crippen LogP contribution < -0.4 is 5.32 Å². The number of nitrogens with zero attached hydrogens (tertiary/aromatic N) is 1. The molecule has 5 nitrogen and oxygen atoms in total. The highest BCUT2D eigenvalue weighted by Gasteiger charge is 2.35. The quantitative estimate of drug-likeness (QED) is 0.516. The monoisotopic (exact) mass is 476 g/mol. The number of anilines is 1. The molecular weight excluding hydrogens is 447 g/mol. The number of benzene rings is 1. The number of hydrogen-bond acceptors (Lipinski definition) is 3. The number of halogens is 5. The van der Waals surface area contributed by atoms with Crippen molar-refractivity contribution in [1.29, 1.82) is 0 Å². The van der Waals surface area contributed by atoms with Crippen molar-refractivity contribution < 1.29 is 36.3 Å². The van der Waals surface area contributed by atoms with E-state index in [9.17, 15) is 31.5 Å². The van der Waals surface area contributed by atoms with Crippen LogP contribution in [0, 0.1) is 11.8 Å². The van der Waals surface area contributed by atoms with Crippen molar-refractivity contribution in [3.8, 4) is 0 Å². The molecular formula is C23H29F5N2O3. The average Bonchev–Trinajstić information content (AvgIpc) is 2.77. The van der Waals surface area contributed by atoms with E-state index in [0.717, 1.165) is 31.7 Å². The minimum Gasteiger partial charge on any atom is -0.449 e. The van der Waals surface area contributed by atoms with Gasteiger partial charge in [0.2, 0.25) is 5.91 Å². The maximum Gasteiger partial charge on any atom is 0.416 e. The molecule has 1 aliphatic heterocycles. The topological polar surface area (TPSA) is 58.6 Å². The fourth-order valence-electron chi connectivity index (χ4n) is 4.39. The molecule has 1 aromatic carbocycles. The summed E-state index contributed by atoms with van der Waals surface area (Å²) in [5.41, 5.74) is -2.56. The van der Waals surface area contributed by atoms with E-state index < -0.39 is 35.0 Å². The van der Waals surface area contributed by atoms with Crippen molar-refractivity contribution in [3.05, 3.63) is 29.3 Å². The third-order valence-electron chi connectivity index (χ3n) is 6.34. The molecule has 0 bridgehead atoms. The number of carbonyl (C=O) groups is 2. The van der Waals surface area contributed by atoms with Crippen LogP contribution in [-0.4, -0.2) is 36.6 Å². The van der Waals surface area contributed by atoms with Gasteiger partial charge in [-0.25, -0.2) is 13.6 Å². The molecule has 3 rings (SSSR count). The summed E-state index contributed by atoms with van der Waals surface area (Å²) in [6.07, 6.45) is 0.659. The number of likely N-dealkylation sites (tertiary alicyclic amines) is 1. The van der Waals surface area contributed by atoms with Gasteiger partial charge in [-0.1, -0.05) is 19.3 Å². The molecule has 33 heavy (non-hydrogen) atoms. The van der Waals surface area contributed by atoms with Crippen LogP contribution in [0.25, 0.3) is 0 Å². The molecule has 1 heterocycles. The fraction of sp³-hybridized carbons (Fsp3) is 0.652. The second-order valence-electron chi connectivity index (χ2n) is 9.01. The van der Waals surface area contributed by atoms with Crippen LogP contribution in [0.15, 0.2) is 18.2 Å².